The lowest BCUT2D eigenvalue weighted by Gasteiger charge is -2.17. The number of benzene rings is 2. The van der Waals surface area contributed by atoms with Crippen molar-refractivity contribution in [2.45, 2.75) is 32.9 Å². The molecule has 0 unspecified atom stereocenters. The van der Waals surface area contributed by atoms with Crippen molar-refractivity contribution in [2.24, 2.45) is 0 Å². The number of esters is 1. The summed E-state index contributed by atoms with van der Waals surface area (Å²) < 4.78 is 5.32. The Bertz CT molecular complexity index is 1060. The third kappa shape index (κ3) is 6.49. The van der Waals surface area contributed by atoms with Crippen molar-refractivity contribution in [3.05, 3.63) is 71.5 Å². The Morgan fingerprint density at radius 1 is 1.03 bits per heavy atom. The van der Waals surface area contributed by atoms with E-state index in [9.17, 15) is 9.59 Å². The zero-order valence-electron chi connectivity index (χ0n) is 17.3. The third-order valence-corrected chi connectivity index (χ3v) is 4.40. The molecule has 1 atom stereocenters. The van der Waals surface area contributed by atoms with Gasteiger partial charge < -0.3 is 21.1 Å². The average molecular weight is 420 g/mol. The fourth-order valence-corrected chi connectivity index (χ4v) is 2.95. The van der Waals surface area contributed by atoms with Crippen molar-refractivity contribution in [1.29, 1.82) is 0 Å². The van der Waals surface area contributed by atoms with Crippen molar-refractivity contribution in [3.8, 4) is 0 Å². The highest BCUT2D eigenvalue weighted by Crippen LogP contribution is 2.19. The molecule has 2 aromatic carbocycles. The van der Waals surface area contributed by atoms with Gasteiger partial charge >= 0.3 is 5.97 Å². The van der Waals surface area contributed by atoms with Crippen LogP contribution in [0.1, 0.15) is 36.3 Å². The second kappa shape index (κ2) is 10.1. The first-order valence-electron chi connectivity index (χ1n) is 9.71. The van der Waals surface area contributed by atoms with E-state index in [1.165, 1.54) is 6.92 Å². The zero-order chi connectivity index (χ0) is 22.2. The number of amides is 1. The van der Waals surface area contributed by atoms with Crippen molar-refractivity contribution < 1.29 is 14.3 Å². The van der Waals surface area contributed by atoms with Crippen LogP contribution in [-0.2, 0) is 20.9 Å². The van der Waals surface area contributed by atoms with Gasteiger partial charge in [-0.15, -0.1) is 0 Å². The zero-order valence-corrected chi connectivity index (χ0v) is 17.3. The van der Waals surface area contributed by atoms with Crippen LogP contribution in [0.15, 0.2) is 54.6 Å². The van der Waals surface area contributed by atoms with Crippen molar-refractivity contribution >= 4 is 29.5 Å². The molecular weight excluding hydrogens is 396 g/mol. The molecule has 1 aromatic heterocycles. The summed E-state index contributed by atoms with van der Waals surface area (Å²) in [4.78, 5) is 36.3. The number of hydrogen-bond donors (Lipinski definition) is 3. The molecule has 0 radical (unpaired) electrons. The fraction of sp³-hybridized carbons (Fsp3) is 0.227. The van der Waals surface area contributed by atoms with E-state index in [1.807, 2.05) is 61.5 Å². The Balaban J connectivity index is 1.64. The van der Waals surface area contributed by atoms with Crippen LogP contribution in [0.3, 0.4) is 0 Å². The SMILES string of the molecule is CC(=O)N[C@@H](CC(=O)OCc1nc(N)nc(Nc2ccccc2C)n1)c1ccccc1. The highest BCUT2D eigenvalue weighted by Gasteiger charge is 2.18. The van der Waals surface area contributed by atoms with Gasteiger partial charge in [-0.05, 0) is 24.1 Å². The van der Waals surface area contributed by atoms with Crippen molar-refractivity contribution in [3.63, 3.8) is 0 Å². The summed E-state index contributed by atoms with van der Waals surface area (Å²) >= 11 is 0. The molecule has 0 aliphatic rings. The molecule has 1 heterocycles. The Morgan fingerprint density at radius 3 is 2.45 bits per heavy atom. The standard InChI is InChI=1S/C22H24N6O3/c1-14-8-6-7-11-17(14)25-22-27-19(26-21(23)28-22)13-31-20(30)12-18(24-15(2)29)16-9-4-3-5-10-16/h3-11,18H,12-13H2,1-2H3,(H,24,29)(H3,23,25,26,27,28)/t18-/m0/s1. The molecule has 4 N–H and O–H groups in total. The minimum absolute atomic E-state index is 0.0116. The highest BCUT2D eigenvalue weighted by molar-refractivity contribution is 5.76. The monoisotopic (exact) mass is 420 g/mol. The number of nitrogens with zero attached hydrogens (tertiary/aromatic N) is 3. The number of ether oxygens (including phenoxy) is 1. The van der Waals surface area contributed by atoms with E-state index in [2.05, 4.69) is 25.6 Å². The van der Waals surface area contributed by atoms with Crippen LogP contribution in [0.2, 0.25) is 0 Å². The molecule has 31 heavy (non-hydrogen) atoms. The number of carbonyl (C=O) groups excluding carboxylic acids is 2. The maximum atomic E-state index is 12.4. The first-order chi connectivity index (χ1) is 14.9. The van der Waals surface area contributed by atoms with Crippen LogP contribution < -0.4 is 16.4 Å². The lowest BCUT2D eigenvalue weighted by Crippen LogP contribution is -2.28. The molecule has 1 amide bonds. The molecule has 0 aliphatic heterocycles. The van der Waals surface area contributed by atoms with E-state index in [1.54, 1.807) is 0 Å². The first kappa shape index (κ1) is 21.7. The molecule has 9 heteroatoms. The van der Waals surface area contributed by atoms with E-state index in [-0.39, 0.29) is 36.7 Å². The summed E-state index contributed by atoms with van der Waals surface area (Å²) in [5, 5.41) is 5.85. The minimum Gasteiger partial charge on any atom is -0.457 e. The average Bonchev–Trinajstić information content (AvgIpc) is 2.73. The number of rotatable bonds is 8. The first-order valence-corrected chi connectivity index (χ1v) is 9.71. The molecule has 9 nitrogen and oxygen atoms in total. The molecule has 160 valence electrons. The summed E-state index contributed by atoms with van der Waals surface area (Å²) in [6.45, 7) is 3.18. The van der Waals surface area contributed by atoms with E-state index >= 15 is 0 Å². The smallest absolute Gasteiger partial charge is 0.308 e. The van der Waals surface area contributed by atoms with Crippen molar-refractivity contribution in [1.82, 2.24) is 20.3 Å². The van der Waals surface area contributed by atoms with Crippen LogP contribution in [0, 0.1) is 6.92 Å². The van der Waals surface area contributed by atoms with Gasteiger partial charge in [-0.1, -0.05) is 48.5 Å². The van der Waals surface area contributed by atoms with Crippen LogP contribution >= 0.6 is 0 Å². The second-order valence-electron chi connectivity index (χ2n) is 6.90. The molecule has 0 fully saturated rings. The number of para-hydroxylation sites is 1. The van der Waals surface area contributed by atoms with Crippen LogP contribution in [-0.4, -0.2) is 26.8 Å². The van der Waals surface area contributed by atoms with E-state index in [4.69, 9.17) is 10.5 Å². The number of aryl methyl sites for hydroxylation is 1. The van der Waals surface area contributed by atoms with Gasteiger partial charge in [0, 0.05) is 12.6 Å². The maximum absolute atomic E-state index is 12.4. The van der Waals surface area contributed by atoms with Gasteiger partial charge in [0.2, 0.25) is 17.8 Å². The summed E-state index contributed by atoms with van der Waals surface area (Å²) in [5.41, 5.74) is 8.43. The summed E-state index contributed by atoms with van der Waals surface area (Å²) in [6.07, 6.45) is -0.0293. The molecule has 0 saturated heterocycles. The van der Waals surface area contributed by atoms with Gasteiger partial charge in [0.05, 0.1) is 12.5 Å². The van der Waals surface area contributed by atoms with Crippen LogP contribution in [0.5, 0.6) is 0 Å². The molecule has 0 bridgehead atoms. The van der Waals surface area contributed by atoms with Gasteiger partial charge in [-0.2, -0.15) is 15.0 Å². The van der Waals surface area contributed by atoms with Gasteiger partial charge in [-0.3, -0.25) is 9.59 Å². The normalized spacial score (nSPS) is 11.4. The minimum atomic E-state index is -0.505. The molecule has 0 saturated carbocycles. The highest BCUT2D eigenvalue weighted by atomic mass is 16.5. The van der Waals surface area contributed by atoms with Crippen molar-refractivity contribution in [2.75, 3.05) is 11.1 Å². The number of nitrogen functional groups attached to an aromatic ring is 1. The Morgan fingerprint density at radius 2 is 1.74 bits per heavy atom. The number of hydrogen-bond acceptors (Lipinski definition) is 8. The number of aromatic nitrogens is 3. The Hall–Kier alpha value is -4.01. The summed E-state index contributed by atoms with van der Waals surface area (Å²) in [7, 11) is 0. The van der Waals surface area contributed by atoms with Gasteiger partial charge in [0.25, 0.3) is 0 Å². The maximum Gasteiger partial charge on any atom is 0.308 e. The van der Waals surface area contributed by atoms with E-state index < -0.39 is 12.0 Å². The number of anilines is 3. The molecule has 0 spiro atoms. The summed E-state index contributed by atoms with van der Waals surface area (Å²) in [6, 6.07) is 16.4. The molecule has 3 rings (SSSR count). The number of carbonyl (C=O) groups is 2. The largest absolute Gasteiger partial charge is 0.457 e. The van der Waals surface area contributed by atoms with Gasteiger partial charge in [-0.25, -0.2) is 0 Å². The fourth-order valence-electron chi connectivity index (χ4n) is 2.95. The molecule has 0 aliphatic carbocycles. The number of nitrogens with one attached hydrogen (secondary N) is 2. The third-order valence-electron chi connectivity index (χ3n) is 4.40. The Labute approximate surface area is 180 Å². The van der Waals surface area contributed by atoms with Gasteiger partial charge in [0.1, 0.15) is 0 Å². The topological polar surface area (TPSA) is 132 Å². The van der Waals surface area contributed by atoms with Crippen LogP contribution in [0.4, 0.5) is 17.6 Å². The number of nitrogens with two attached hydrogens (primary N) is 1. The predicted octanol–water partition coefficient (Wildman–Crippen LogP) is 2.82. The summed E-state index contributed by atoms with van der Waals surface area (Å²) in [5.74, 6) is -0.257. The van der Waals surface area contributed by atoms with E-state index in [0.29, 0.717) is 0 Å². The van der Waals surface area contributed by atoms with Gasteiger partial charge in [0.15, 0.2) is 12.4 Å². The molecule has 3 aromatic rings. The lowest BCUT2D eigenvalue weighted by molar-refractivity contribution is -0.146. The lowest BCUT2D eigenvalue weighted by atomic mass is 10.0. The van der Waals surface area contributed by atoms with E-state index in [0.717, 1.165) is 16.8 Å². The predicted molar refractivity (Wildman–Crippen MR) is 116 cm³/mol. The quantitative estimate of drug-likeness (QED) is 0.474. The Kier molecular flexibility index (Phi) is 7.10. The molecular formula is C22H24N6O3. The second-order valence-corrected chi connectivity index (χ2v) is 6.90. The van der Waals surface area contributed by atoms with Crippen LogP contribution in [0.25, 0.3) is 0 Å².